The summed E-state index contributed by atoms with van der Waals surface area (Å²) in [4.78, 5) is 13.9. The second kappa shape index (κ2) is 7.22. The number of nitrogens with one attached hydrogen (secondary N) is 2. The smallest absolute Gasteiger partial charge is 0.321 e. The van der Waals surface area contributed by atoms with Crippen LogP contribution in [0.5, 0.6) is 0 Å². The molecule has 0 aliphatic rings. The van der Waals surface area contributed by atoms with E-state index in [1.807, 2.05) is 27.9 Å². The fourth-order valence-electron chi connectivity index (χ4n) is 2.04. The van der Waals surface area contributed by atoms with Crippen molar-refractivity contribution in [2.45, 2.75) is 26.3 Å². The number of carbonyl (C=O) groups excluding carboxylic acids is 1. The number of amides is 2. The van der Waals surface area contributed by atoms with E-state index in [0.717, 1.165) is 17.1 Å². The molecule has 0 spiro atoms. The number of anilines is 2. The van der Waals surface area contributed by atoms with Crippen molar-refractivity contribution in [1.29, 1.82) is 0 Å². The van der Waals surface area contributed by atoms with Crippen LogP contribution in [0.1, 0.15) is 17.5 Å². The number of rotatable bonds is 5. The highest BCUT2D eigenvalue weighted by molar-refractivity contribution is 7.15. The first-order valence-corrected chi connectivity index (χ1v) is 7.89. The minimum absolute atomic E-state index is 0.0271. The third-order valence-corrected chi connectivity index (χ3v) is 3.87. The summed E-state index contributed by atoms with van der Waals surface area (Å²) in [5.74, 6) is 0. The van der Waals surface area contributed by atoms with Crippen LogP contribution < -0.4 is 15.5 Å². The Morgan fingerprint density at radius 2 is 1.95 bits per heavy atom. The summed E-state index contributed by atoms with van der Waals surface area (Å²) in [5.41, 5.74) is 2.35. The minimum Gasteiger partial charge on any atom is -0.378 e. The number of hydrogen-bond acceptors (Lipinski definition) is 5. The van der Waals surface area contributed by atoms with E-state index in [-0.39, 0.29) is 12.1 Å². The molecule has 6 nitrogen and oxygen atoms in total. The van der Waals surface area contributed by atoms with Crippen LogP contribution in [0, 0.1) is 6.92 Å². The molecule has 118 valence electrons. The van der Waals surface area contributed by atoms with E-state index in [1.54, 1.807) is 0 Å². The molecule has 0 aliphatic carbocycles. The molecule has 0 fully saturated rings. The fraction of sp³-hybridized carbons (Fsp3) is 0.400. The molecule has 0 radical (unpaired) electrons. The summed E-state index contributed by atoms with van der Waals surface area (Å²) in [7, 11) is 4.03. The number of nitrogens with zero attached hydrogens (tertiary/aromatic N) is 3. The predicted octanol–water partition coefficient (Wildman–Crippen LogP) is 2.67. The summed E-state index contributed by atoms with van der Waals surface area (Å²) in [6.07, 6.45) is 0.774. The highest BCUT2D eigenvalue weighted by atomic mass is 32.1. The summed E-state index contributed by atoms with van der Waals surface area (Å²) in [6.45, 7) is 3.82. The summed E-state index contributed by atoms with van der Waals surface area (Å²) >= 11 is 1.35. The maximum atomic E-state index is 11.9. The van der Waals surface area contributed by atoms with Gasteiger partial charge in [-0.05, 0) is 38.0 Å². The largest absolute Gasteiger partial charge is 0.378 e. The second-order valence-corrected chi connectivity index (χ2v) is 6.57. The lowest BCUT2D eigenvalue weighted by molar-refractivity contribution is 0.249. The van der Waals surface area contributed by atoms with E-state index in [4.69, 9.17) is 0 Å². The lowest BCUT2D eigenvalue weighted by Gasteiger charge is -2.16. The van der Waals surface area contributed by atoms with Gasteiger partial charge in [0.15, 0.2) is 0 Å². The number of aromatic nitrogens is 2. The van der Waals surface area contributed by atoms with Crippen LogP contribution in [0.4, 0.5) is 15.6 Å². The molecule has 2 rings (SSSR count). The molecule has 0 unspecified atom stereocenters. The number of hydrogen-bond donors (Lipinski definition) is 2. The molecule has 2 aromatic rings. The molecule has 0 aliphatic heterocycles. The maximum Gasteiger partial charge on any atom is 0.321 e. The Balaban J connectivity index is 1.84. The van der Waals surface area contributed by atoms with E-state index in [2.05, 4.69) is 50.0 Å². The topological polar surface area (TPSA) is 70.1 Å². The number of benzene rings is 1. The van der Waals surface area contributed by atoms with Gasteiger partial charge in [0.1, 0.15) is 5.01 Å². The second-order valence-electron chi connectivity index (χ2n) is 5.39. The Bertz CT molecular complexity index is 623. The van der Waals surface area contributed by atoms with Gasteiger partial charge < -0.3 is 10.2 Å². The zero-order chi connectivity index (χ0) is 16.1. The first kappa shape index (κ1) is 16.2. The molecule has 1 aromatic carbocycles. The van der Waals surface area contributed by atoms with E-state index >= 15 is 0 Å². The van der Waals surface area contributed by atoms with Gasteiger partial charge in [0.2, 0.25) is 5.13 Å². The molecule has 2 amide bonds. The van der Waals surface area contributed by atoms with Gasteiger partial charge in [0, 0.05) is 25.8 Å². The first-order valence-electron chi connectivity index (χ1n) is 7.08. The average molecular weight is 319 g/mol. The molecular formula is C15H21N5OS. The van der Waals surface area contributed by atoms with Crippen LogP contribution in [0.3, 0.4) is 0 Å². The van der Waals surface area contributed by atoms with Gasteiger partial charge in [-0.25, -0.2) is 4.79 Å². The Labute approximate surface area is 134 Å². The van der Waals surface area contributed by atoms with Gasteiger partial charge in [-0.1, -0.05) is 23.5 Å². The number of aryl methyl sites for hydroxylation is 1. The number of carbonyl (C=O) groups is 1. The van der Waals surface area contributed by atoms with E-state index in [0.29, 0.717) is 5.13 Å². The normalized spacial score (nSPS) is 11.8. The molecule has 2 N–H and O–H groups in total. The molecule has 1 aromatic heterocycles. The zero-order valence-corrected chi connectivity index (χ0v) is 14.1. The van der Waals surface area contributed by atoms with Gasteiger partial charge in [-0.3, -0.25) is 5.32 Å². The Morgan fingerprint density at radius 1 is 1.27 bits per heavy atom. The lowest BCUT2D eigenvalue weighted by atomic mass is 10.1. The molecule has 0 saturated heterocycles. The Kier molecular flexibility index (Phi) is 5.32. The fourth-order valence-corrected chi connectivity index (χ4v) is 2.63. The third kappa shape index (κ3) is 4.70. The van der Waals surface area contributed by atoms with E-state index in [9.17, 15) is 4.79 Å². The van der Waals surface area contributed by atoms with Crippen molar-refractivity contribution in [2.24, 2.45) is 0 Å². The molecule has 0 saturated carbocycles. The summed E-state index contributed by atoms with van der Waals surface area (Å²) < 4.78 is 0. The zero-order valence-electron chi connectivity index (χ0n) is 13.3. The van der Waals surface area contributed by atoms with Gasteiger partial charge in [0.05, 0.1) is 0 Å². The predicted molar refractivity (Wildman–Crippen MR) is 90.7 cm³/mol. The monoisotopic (exact) mass is 319 g/mol. The van der Waals surface area contributed by atoms with Gasteiger partial charge >= 0.3 is 6.03 Å². The van der Waals surface area contributed by atoms with E-state index in [1.165, 1.54) is 16.9 Å². The maximum absolute atomic E-state index is 11.9. The van der Waals surface area contributed by atoms with Crippen molar-refractivity contribution in [2.75, 3.05) is 24.3 Å². The van der Waals surface area contributed by atoms with Crippen molar-refractivity contribution >= 4 is 28.2 Å². The highest BCUT2D eigenvalue weighted by Gasteiger charge is 2.10. The van der Waals surface area contributed by atoms with Crippen molar-refractivity contribution in [3.8, 4) is 0 Å². The van der Waals surface area contributed by atoms with Crippen molar-refractivity contribution in [1.82, 2.24) is 15.5 Å². The van der Waals surface area contributed by atoms with Crippen LogP contribution in [0.25, 0.3) is 0 Å². The molecular weight excluding hydrogens is 298 g/mol. The van der Waals surface area contributed by atoms with Gasteiger partial charge in [0.25, 0.3) is 0 Å². The van der Waals surface area contributed by atoms with Crippen LogP contribution in [-0.2, 0) is 6.42 Å². The standard InChI is InChI=1S/C15H21N5OS/c1-10(9-12-5-7-13(8-6-12)20(3)4)16-14(21)17-15-19-18-11(2)22-15/h5-8,10H,9H2,1-4H3,(H2,16,17,19,21)/t10-/m1/s1. The van der Waals surface area contributed by atoms with Gasteiger partial charge in [-0.15, -0.1) is 10.2 Å². The highest BCUT2D eigenvalue weighted by Crippen LogP contribution is 2.14. The average Bonchev–Trinajstić information content (AvgIpc) is 2.84. The first-order chi connectivity index (χ1) is 10.4. The van der Waals surface area contributed by atoms with E-state index < -0.39 is 0 Å². The van der Waals surface area contributed by atoms with Crippen LogP contribution in [0.2, 0.25) is 0 Å². The SMILES string of the molecule is Cc1nnc(NC(=O)N[C@H](C)Cc2ccc(N(C)C)cc2)s1. The molecule has 7 heteroatoms. The third-order valence-electron chi connectivity index (χ3n) is 3.12. The van der Waals surface area contributed by atoms with Crippen molar-refractivity contribution < 1.29 is 4.79 Å². The molecule has 0 bridgehead atoms. The molecule has 1 heterocycles. The Hall–Kier alpha value is -2.15. The molecule has 1 atom stereocenters. The van der Waals surface area contributed by atoms with Crippen LogP contribution in [-0.4, -0.2) is 36.4 Å². The number of urea groups is 1. The van der Waals surface area contributed by atoms with Gasteiger partial charge in [-0.2, -0.15) is 0 Å². The van der Waals surface area contributed by atoms with Crippen LogP contribution in [0.15, 0.2) is 24.3 Å². The summed E-state index contributed by atoms with van der Waals surface area (Å²) in [6, 6.07) is 8.09. The minimum atomic E-state index is -0.256. The van der Waals surface area contributed by atoms with Crippen LogP contribution >= 0.6 is 11.3 Å². The van der Waals surface area contributed by atoms with Crippen molar-refractivity contribution in [3.63, 3.8) is 0 Å². The van der Waals surface area contributed by atoms with Crippen molar-refractivity contribution in [3.05, 3.63) is 34.8 Å². The Morgan fingerprint density at radius 3 is 2.50 bits per heavy atom. The quantitative estimate of drug-likeness (QED) is 0.889. The summed E-state index contributed by atoms with van der Waals surface area (Å²) in [5, 5.41) is 14.7. The molecule has 22 heavy (non-hydrogen) atoms. The lowest BCUT2D eigenvalue weighted by Crippen LogP contribution is -2.37.